The molecule has 270 valence electrons. The molecule has 0 aliphatic carbocycles. The van der Waals surface area contributed by atoms with E-state index < -0.39 is 140 Å². The summed E-state index contributed by atoms with van der Waals surface area (Å²) >= 11 is 0. The van der Waals surface area contributed by atoms with E-state index in [9.17, 15) is 58.2 Å². The maximum absolute atomic E-state index is 13.2. The first-order chi connectivity index (χ1) is 22.2. The fraction of sp³-hybridized carbons (Fsp3) is 0.630. The zero-order valence-corrected chi connectivity index (χ0v) is 26.4. The molecule has 0 rings (SSSR count). The molecule has 12 N–H and O–H groups in total. The second-order valence-corrected chi connectivity index (χ2v) is 11.0. The van der Waals surface area contributed by atoms with Crippen LogP contribution in [-0.4, -0.2) is 121 Å². The van der Waals surface area contributed by atoms with Gasteiger partial charge in [0.25, 0.3) is 0 Å². The van der Waals surface area contributed by atoms with Gasteiger partial charge in [0.1, 0.15) is 30.2 Å². The summed E-state index contributed by atoms with van der Waals surface area (Å²) in [5.74, 6) is -13.2. The Bertz CT molecular complexity index is 1240. The van der Waals surface area contributed by atoms with E-state index in [-0.39, 0.29) is 6.42 Å². The van der Waals surface area contributed by atoms with Crippen LogP contribution in [0, 0.1) is 5.92 Å². The van der Waals surface area contributed by atoms with Crippen molar-refractivity contribution in [3.8, 4) is 0 Å². The quantitative estimate of drug-likeness (QED) is 0.0497. The summed E-state index contributed by atoms with van der Waals surface area (Å²) in [5, 5.41) is 56.1. The number of carbonyl (C=O) groups is 10. The van der Waals surface area contributed by atoms with E-state index in [1.165, 1.54) is 20.8 Å². The van der Waals surface area contributed by atoms with Crippen molar-refractivity contribution in [2.24, 2.45) is 11.7 Å². The Morgan fingerprint density at radius 1 is 0.500 bits per heavy atom. The van der Waals surface area contributed by atoms with Crippen molar-refractivity contribution in [1.82, 2.24) is 26.6 Å². The number of carboxylic acid groups (broad SMARTS) is 5. The van der Waals surface area contributed by atoms with Crippen LogP contribution in [0.4, 0.5) is 0 Å². The number of carbonyl (C=O) groups excluding carboxylic acids is 5. The van der Waals surface area contributed by atoms with Crippen LogP contribution in [0.25, 0.3) is 0 Å². The van der Waals surface area contributed by atoms with E-state index in [2.05, 4.69) is 21.3 Å². The number of rotatable bonds is 23. The summed E-state index contributed by atoms with van der Waals surface area (Å²) in [5.41, 5.74) is 5.62. The van der Waals surface area contributed by atoms with Crippen LogP contribution in [0.2, 0.25) is 0 Å². The Morgan fingerprint density at radius 2 is 0.938 bits per heavy atom. The fourth-order valence-electron chi connectivity index (χ4n) is 3.86. The first-order valence-electron chi connectivity index (χ1n) is 14.5. The molecule has 0 spiro atoms. The van der Waals surface area contributed by atoms with Gasteiger partial charge in [-0.15, -0.1) is 0 Å². The predicted molar refractivity (Wildman–Crippen MR) is 159 cm³/mol. The lowest BCUT2D eigenvalue weighted by Gasteiger charge is -2.28. The third kappa shape index (κ3) is 16.8. The van der Waals surface area contributed by atoms with Crippen LogP contribution in [0.1, 0.15) is 65.7 Å². The Balaban J connectivity index is 5.86. The molecule has 5 amide bonds. The summed E-state index contributed by atoms with van der Waals surface area (Å²) in [6.07, 6.45) is -4.03. The van der Waals surface area contributed by atoms with Crippen LogP contribution in [-0.2, 0) is 47.9 Å². The number of hydrogen-bond donors (Lipinski definition) is 11. The molecule has 0 aromatic rings. The lowest BCUT2D eigenvalue weighted by Crippen LogP contribution is -2.60. The molecule has 0 aliphatic heterocycles. The summed E-state index contributed by atoms with van der Waals surface area (Å²) in [6.45, 7) is 4.09. The van der Waals surface area contributed by atoms with Crippen molar-refractivity contribution < 1.29 is 73.5 Å². The minimum atomic E-state index is -1.88. The monoisotopic (exact) mass is 690 g/mol. The van der Waals surface area contributed by atoms with Gasteiger partial charge in [0.2, 0.25) is 29.5 Å². The van der Waals surface area contributed by atoms with Gasteiger partial charge in [-0.25, -0.2) is 4.79 Å². The maximum Gasteiger partial charge on any atom is 0.326 e. The lowest BCUT2D eigenvalue weighted by molar-refractivity contribution is -0.144. The highest BCUT2D eigenvalue weighted by Gasteiger charge is 2.34. The molecule has 0 radical (unpaired) electrons. The van der Waals surface area contributed by atoms with Gasteiger partial charge in [-0.2, -0.15) is 0 Å². The van der Waals surface area contributed by atoms with Crippen molar-refractivity contribution in [3.05, 3.63) is 0 Å². The number of hydrogen-bond acceptors (Lipinski definition) is 11. The minimum absolute atomic E-state index is 0.238. The SMILES string of the molecule is CC(C)[C@H](NC(=O)[C@H](CCC(=O)O)NC(=O)[C@H](C)NC(=O)[C@@H](N)CCC(=O)O)C(=O)N[C@@H](CC(=O)O)C(=O)N[C@@H](CCC(=O)O)C(=O)O. The molecule has 0 aromatic carbocycles. The van der Waals surface area contributed by atoms with Crippen molar-refractivity contribution >= 4 is 59.4 Å². The van der Waals surface area contributed by atoms with Gasteiger partial charge in [-0.3, -0.25) is 43.2 Å². The van der Waals surface area contributed by atoms with E-state index in [0.717, 1.165) is 0 Å². The number of carboxylic acids is 5. The topological polar surface area (TPSA) is 358 Å². The largest absolute Gasteiger partial charge is 0.481 e. The molecule has 0 fully saturated rings. The molecule has 0 unspecified atom stereocenters. The Kier molecular flexibility index (Phi) is 18.4. The lowest BCUT2D eigenvalue weighted by atomic mass is 10.0. The molecule has 0 aliphatic rings. The summed E-state index contributed by atoms with van der Waals surface area (Å²) in [4.78, 5) is 120. The molecule has 6 atom stereocenters. The molecule has 21 nitrogen and oxygen atoms in total. The van der Waals surface area contributed by atoms with E-state index in [1.54, 1.807) is 0 Å². The molecule has 0 aromatic heterocycles. The van der Waals surface area contributed by atoms with Crippen LogP contribution in [0.15, 0.2) is 0 Å². The molecule has 0 heterocycles. The summed E-state index contributed by atoms with van der Waals surface area (Å²) in [6, 6.07) is -9.34. The maximum atomic E-state index is 13.2. The van der Waals surface area contributed by atoms with Gasteiger partial charge in [-0.05, 0) is 32.1 Å². The van der Waals surface area contributed by atoms with Gasteiger partial charge >= 0.3 is 29.8 Å². The molecule has 21 heteroatoms. The smallest absolute Gasteiger partial charge is 0.326 e. The standard InChI is InChI=1S/C27H42N6O15/c1-11(2)21(26(46)32-16(10-20(40)41)25(45)31-15(27(47)48)6-9-19(38)39)33-24(44)14(5-8-18(36)37)30-22(42)12(3)29-23(43)13(28)4-7-17(34)35/h11-16,21H,4-10,28H2,1-3H3,(H,29,43)(H,30,42)(H,31,45)(H,32,46)(H,33,44)(H,34,35)(H,36,37)(H,38,39)(H,40,41)(H,47,48)/t12-,13-,14-,15-,16-,21-/m0/s1. The molecule has 0 saturated heterocycles. The Labute approximate surface area is 273 Å². The number of aliphatic carboxylic acids is 5. The predicted octanol–water partition coefficient (Wildman–Crippen LogP) is -3.43. The average Bonchev–Trinajstić information content (AvgIpc) is 2.96. The number of nitrogens with two attached hydrogens (primary N) is 1. The van der Waals surface area contributed by atoms with Crippen LogP contribution >= 0.6 is 0 Å². The minimum Gasteiger partial charge on any atom is -0.481 e. The zero-order valence-electron chi connectivity index (χ0n) is 26.4. The molecule has 0 bridgehead atoms. The van der Waals surface area contributed by atoms with Crippen molar-refractivity contribution in [2.75, 3.05) is 0 Å². The number of amides is 5. The second-order valence-electron chi connectivity index (χ2n) is 11.0. The van der Waals surface area contributed by atoms with E-state index in [0.29, 0.717) is 0 Å². The molecular formula is C27H42N6O15. The highest BCUT2D eigenvalue weighted by Crippen LogP contribution is 2.08. The third-order valence-corrected chi connectivity index (χ3v) is 6.56. The first kappa shape index (κ1) is 42.7. The Hall–Kier alpha value is -5.34. The summed E-state index contributed by atoms with van der Waals surface area (Å²) < 4.78 is 0. The second kappa shape index (κ2) is 20.7. The zero-order chi connectivity index (χ0) is 37.3. The summed E-state index contributed by atoms with van der Waals surface area (Å²) in [7, 11) is 0. The van der Waals surface area contributed by atoms with E-state index in [4.69, 9.17) is 21.1 Å². The highest BCUT2D eigenvalue weighted by atomic mass is 16.4. The van der Waals surface area contributed by atoms with Gasteiger partial charge in [0.05, 0.1) is 12.5 Å². The average molecular weight is 691 g/mol. The van der Waals surface area contributed by atoms with Gasteiger partial charge in [0, 0.05) is 19.3 Å². The molecule has 48 heavy (non-hydrogen) atoms. The van der Waals surface area contributed by atoms with Crippen LogP contribution in [0.3, 0.4) is 0 Å². The number of nitrogens with one attached hydrogen (secondary N) is 5. The van der Waals surface area contributed by atoms with Crippen molar-refractivity contribution in [1.29, 1.82) is 0 Å². The van der Waals surface area contributed by atoms with Gasteiger partial charge in [0.15, 0.2) is 0 Å². The van der Waals surface area contributed by atoms with Crippen LogP contribution < -0.4 is 32.3 Å². The normalized spacial score (nSPS) is 14.5. The third-order valence-electron chi connectivity index (χ3n) is 6.56. The molecule has 0 saturated carbocycles. The van der Waals surface area contributed by atoms with Gasteiger partial charge < -0.3 is 57.9 Å². The molecular weight excluding hydrogens is 648 g/mol. The highest BCUT2D eigenvalue weighted by molar-refractivity contribution is 5.97. The van der Waals surface area contributed by atoms with E-state index in [1.807, 2.05) is 5.32 Å². The van der Waals surface area contributed by atoms with Crippen molar-refractivity contribution in [2.45, 2.75) is 102 Å². The van der Waals surface area contributed by atoms with Crippen molar-refractivity contribution in [3.63, 3.8) is 0 Å². The Morgan fingerprint density at radius 3 is 1.40 bits per heavy atom. The van der Waals surface area contributed by atoms with Gasteiger partial charge in [-0.1, -0.05) is 13.8 Å². The first-order valence-corrected chi connectivity index (χ1v) is 14.5. The fourth-order valence-corrected chi connectivity index (χ4v) is 3.86. The van der Waals surface area contributed by atoms with E-state index >= 15 is 0 Å². The van der Waals surface area contributed by atoms with Crippen LogP contribution in [0.5, 0.6) is 0 Å².